The fraction of sp³-hybridized carbons (Fsp3) is 0.211. The molecule has 3 N–H and O–H groups in total. The van der Waals surface area contributed by atoms with Gasteiger partial charge in [0, 0.05) is 37.0 Å². The first kappa shape index (κ1) is 18.4. The van der Waals surface area contributed by atoms with Gasteiger partial charge in [0.2, 0.25) is 11.8 Å². The lowest BCUT2D eigenvalue weighted by Gasteiger charge is -2.17. The summed E-state index contributed by atoms with van der Waals surface area (Å²) < 4.78 is 13.0. The second-order valence-electron chi connectivity index (χ2n) is 6.24. The number of hydrogen-bond donors (Lipinski definition) is 3. The molecule has 0 unspecified atom stereocenters. The van der Waals surface area contributed by atoms with Crippen molar-refractivity contribution in [3.8, 4) is 0 Å². The summed E-state index contributed by atoms with van der Waals surface area (Å²) in [6, 6.07) is 11.6. The van der Waals surface area contributed by atoms with Crippen LogP contribution < -0.4 is 20.9 Å². The summed E-state index contributed by atoms with van der Waals surface area (Å²) in [7, 11) is 0. The first-order valence-electron chi connectivity index (χ1n) is 8.42. The minimum absolute atomic E-state index is 0.139. The molecule has 0 saturated carbocycles. The number of urea groups is 1. The molecule has 27 heavy (non-hydrogen) atoms. The third kappa shape index (κ3) is 4.81. The average Bonchev–Trinajstić information content (AvgIpc) is 2.95. The summed E-state index contributed by atoms with van der Waals surface area (Å²) in [5.74, 6) is -0.720. The summed E-state index contributed by atoms with van der Waals surface area (Å²) in [5.41, 5.74) is 1.67. The lowest BCUT2D eigenvalue weighted by atomic mass is 10.2. The first-order chi connectivity index (χ1) is 12.9. The SMILES string of the molecule is CC(=O)Nc1cccc(NC(=O)N[C@@H]2CC(=O)N(c3ccc(F)cc3)C2)c1. The number of hydrogen-bond acceptors (Lipinski definition) is 3. The number of rotatable bonds is 4. The zero-order chi connectivity index (χ0) is 19.4. The Morgan fingerprint density at radius 3 is 2.41 bits per heavy atom. The summed E-state index contributed by atoms with van der Waals surface area (Å²) in [4.78, 5) is 37.0. The lowest BCUT2D eigenvalue weighted by molar-refractivity contribution is -0.117. The Kier molecular flexibility index (Phi) is 5.35. The Hall–Kier alpha value is -3.42. The minimum atomic E-state index is -0.450. The molecule has 1 fully saturated rings. The number of carbonyl (C=O) groups is 3. The van der Waals surface area contributed by atoms with Crippen LogP contribution >= 0.6 is 0 Å². The molecule has 0 aromatic heterocycles. The predicted octanol–water partition coefficient (Wildman–Crippen LogP) is 2.71. The normalized spacial score (nSPS) is 16.1. The summed E-state index contributed by atoms with van der Waals surface area (Å²) in [6.45, 7) is 1.71. The van der Waals surface area contributed by atoms with Crippen LogP contribution in [-0.2, 0) is 9.59 Å². The van der Waals surface area contributed by atoms with E-state index in [0.717, 1.165) is 0 Å². The van der Waals surface area contributed by atoms with E-state index in [-0.39, 0.29) is 30.1 Å². The van der Waals surface area contributed by atoms with Gasteiger partial charge in [-0.05, 0) is 42.5 Å². The molecule has 3 rings (SSSR count). The highest BCUT2D eigenvalue weighted by atomic mass is 19.1. The number of anilines is 3. The van der Waals surface area contributed by atoms with Crippen molar-refractivity contribution in [2.24, 2.45) is 0 Å². The zero-order valence-corrected chi connectivity index (χ0v) is 14.7. The van der Waals surface area contributed by atoms with Gasteiger partial charge >= 0.3 is 6.03 Å². The van der Waals surface area contributed by atoms with Crippen LogP contribution in [0.3, 0.4) is 0 Å². The molecule has 0 bridgehead atoms. The smallest absolute Gasteiger partial charge is 0.319 e. The van der Waals surface area contributed by atoms with Crippen LogP contribution in [0.25, 0.3) is 0 Å². The van der Waals surface area contributed by atoms with Crippen molar-refractivity contribution in [2.45, 2.75) is 19.4 Å². The number of benzene rings is 2. The molecule has 140 valence electrons. The van der Waals surface area contributed by atoms with Gasteiger partial charge in [0.15, 0.2) is 0 Å². The number of carbonyl (C=O) groups excluding carboxylic acids is 3. The van der Waals surface area contributed by atoms with Crippen LogP contribution in [0.1, 0.15) is 13.3 Å². The van der Waals surface area contributed by atoms with Gasteiger partial charge < -0.3 is 20.9 Å². The van der Waals surface area contributed by atoms with Gasteiger partial charge in [0.1, 0.15) is 5.82 Å². The maximum Gasteiger partial charge on any atom is 0.319 e. The van der Waals surface area contributed by atoms with E-state index in [2.05, 4.69) is 16.0 Å². The summed E-state index contributed by atoms with van der Waals surface area (Å²) in [6.07, 6.45) is 0.163. The maximum atomic E-state index is 13.0. The quantitative estimate of drug-likeness (QED) is 0.773. The van der Waals surface area contributed by atoms with Crippen molar-refractivity contribution in [2.75, 3.05) is 22.1 Å². The molecule has 2 aromatic carbocycles. The predicted molar refractivity (Wildman–Crippen MR) is 100 cm³/mol. The van der Waals surface area contributed by atoms with Crippen LogP contribution in [0, 0.1) is 5.82 Å². The Morgan fingerprint density at radius 2 is 1.74 bits per heavy atom. The van der Waals surface area contributed by atoms with E-state index in [9.17, 15) is 18.8 Å². The molecular formula is C19H19FN4O3. The second kappa shape index (κ2) is 7.86. The van der Waals surface area contributed by atoms with Crippen molar-refractivity contribution in [3.63, 3.8) is 0 Å². The van der Waals surface area contributed by atoms with E-state index in [0.29, 0.717) is 23.6 Å². The number of nitrogens with zero attached hydrogens (tertiary/aromatic N) is 1. The second-order valence-corrected chi connectivity index (χ2v) is 6.24. The Balaban J connectivity index is 1.58. The maximum absolute atomic E-state index is 13.0. The van der Waals surface area contributed by atoms with E-state index in [1.54, 1.807) is 24.3 Å². The Morgan fingerprint density at radius 1 is 1.07 bits per heavy atom. The third-order valence-electron chi connectivity index (χ3n) is 4.04. The molecule has 2 aromatic rings. The first-order valence-corrected chi connectivity index (χ1v) is 8.42. The van der Waals surface area contributed by atoms with Crippen molar-refractivity contribution in [3.05, 3.63) is 54.3 Å². The van der Waals surface area contributed by atoms with Crippen LogP contribution in [0.5, 0.6) is 0 Å². The van der Waals surface area contributed by atoms with Crippen LogP contribution in [-0.4, -0.2) is 30.4 Å². The highest BCUT2D eigenvalue weighted by Gasteiger charge is 2.31. The molecule has 8 heteroatoms. The molecular weight excluding hydrogens is 351 g/mol. The molecule has 1 atom stereocenters. The molecule has 0 aliphatic carbocycles. The molecule has 1 saturated heterocycles. The molecule has 1 aliphatic heterocycles. The standard InChI is InChI=1S/C19H19FN4O3/c1-12(25)21-14-3-2-4-15(9-14)22-19(27)23-16-10-18(26)24(11-16)17-7-5-13(20)6-8-17/h2-9,16H,10-11H2,1H3,(H,21,25)(H2,22,23,27)/t16-/m1/s1. The van der Waals surface area contributed by atoms with Crippen molar-refractivity contribution in [1.82, 2.24) is 5.32 Å². The van der Waals surface area contributed by atoms with Gasteiger partial charge in [-0.2, -0.15) is 0 Å². The largest absolute Gasteiger partial charge is 0.333 e. The third-order valence-corrected chi connectivity index (χ3v) is 4.04. The van der Waals surface area contributed by atoms with Crippen molar-refractivity contribution >= 4 is 34.9 Å². The lowest BCUT2D eigenvalue weighted by Crippen LogP contribution is -2.39. The highest BCUT2D eigenvalue weighted by Crippen LogP contribution is 2.22. The molecule has 0 radical (unpaired) electrons. The number of amides is 4. The van der Waals surface area contributed by atoms with Gasteiger partial charge in [-0.1, -0.05) is 6.07 Å². The molecule has 7 nitrogen and oxygen atoms in total. The fourth-order valence-electron chi connectivity index (χ4n) is 2.91. The van der Waals surface area contributed by atoms with Crippen LogP contribution in [0.2, 0.25) is 0 Å². The highest BCUT2D eigenvalue weighted by molar-refractivity contribution is 5.98. The molecule has 1 heterocycles. The minimum Gasteiger partial charge on any atom is -0.333 e. The van der Waals surface area contributed by atoms with Gasteiger partial charge in [-0.15, -0.1) is 0 Å². The number of nitrogens with one attached hydrogen (secondary N) is 3. The topological polar surface area (TPSA) is 90.5 Å². The Labute approximate surface area is 155 Å². The summed E-state index contributed by atoms with van der Waals surface area (Å²) >= 11 is 0. The molecule has 4 amide bonds. The van der Waals surface area contributed by atoms with Crippen LogP contribution in [0.4, 0.5) is 26.2 Å². The molecule has 0 spiro atoms. The van der Waals surface area contributed by atoms with Gasteiger partial charge in [0.25, 0.3) is 0 Å². The van der Waals surface area contributed by atoms with Gasteiger partial charge in [-0.3, -0.25) is 9.59 Å². The van der Waals surface area contributed by atoms with E-state index < -0.39 is 6.03 Å². The van der Waals surface area contributed by atoms with E-state index in [1.807, 2.05) is 0 Å². The zero-order valence-electron chi connectivity index (χ0n) is 14.7. The Bertz CT molecular complexity index is 870. The molecule has 1 aliphatic rings. The fourth-order valence-corrected chi connectivity index (χ4v) is 2.91. The number of halogens is 1. The summed E-state index contributed by atoms with van der Waals surface area (Å²) in [5, 5.41) is 8.07. The van der Waals surface area contributed by atoms with Gasteiger partial charge in [-0.25, -0.2) is 9.18 Å². The van der Waals surface area contributed by atoms with Crippen molar-refractivity contribution < 1.29 is 18.8 Å². The van der Waals surface area contributed by atoms with Crippen molar-refractivity contribution in [1.29, 1.82) is 0 Å². The average molecular weight is 370 g/mol. The van der Waals surface area contributed by atoms with Crippen LogP contribution in [0.15, 0.2) is 48.5 Å². The van der Waals surface area contributed by atoms with Gasteiger partial charge in [0.05, 0.1) is 6.04 Å². The van der Waals surface area contributed by atoms with E-state index >= 15 is 0 Å². The monoisotopic (exact) mass is 370 g/mol. The van der Waals surface area contributed by atoms with E-state index in [1.165, 1.54) is 36.1 Å². The van der Waals surface area contributed by atoms with E-state index in [4.69, 9.17) is 0 Å².